The molecule has 4 aromatic rings. The minimum absolute atomic E-state index is 0.307. The third kappa shape index (κ3) is 5.60. The van der Waals surface area contributed by atoms with Crippen molar-refractivity contribution in [3.05, 3.63) is 108 Å². The lowest BCUT2D eigenvalue weighted by Crippen LogP contribution is -2.36. The number of piperidine rings is 1. The second kappa shape index (κ2) is 10.7. The molecule has 182 valence electrons. The minimum Gasteiger partial charge on any atom is -0.356 e. The van der Waals surface area contributed by atoms with E-state index in [0.717, 1.165) is 43.5 Å². The molecule has 0 atom stereocenters. The second-order valence-electron chi connectivity index (χ2n) is 9.38. The molecule has 0 unspecified atom stereocenters. The van der Waals surface area contributed by atoms with E-state index in [9.17, 15) is 9.18 Å². The van der Waals surface area contributed by atoms with Gasteiger partial charge in [0, 0.05) is 30.5 Å². The Balaban J connectivity index is 1.40. The van der Waals surface area contributed by atoms with Gasteiger partial charge in [-0.3, -0.25) is 4.79 Å². The maximum absolute atomic E-state index is 13.3. The van der Waals surface area contributed by atoms with E-state index in [1.165, 1.54) is 17.7 Å². The Morgan fingerprint density at radius 1 is 1.00 bits per heavy atom. The third-order valence-electron chi connectivity index (χ3n) is 6.67. The Morgan fingerprint density at radius 3 is 2.47 bits per heavy atom. The van der Waals surface area contributed by atoms with Crippen molar-refractivity contribution in [3.63, 3.8) is 0 Å². The van der Waals surface area contributed by atoms with Crippen LogP contribution in [0.2, 0.25) is 0 Å². The number of aryl methyl sites for hydroxylation is 1. The largest absolute Gasteiger partial charge is 0.356 e. The van der Waals surface area contributed by atoms with Crippen LogP contribution in [-0.2, 0) is 6.42 Å². The van der Waals surface area contributed by atoms with Gasteiger partial charge in [-0.2, -0.15) is 0 Å². The first-order chi connectivity index (χ1) is 17.5. The number of aromatic nitrogens is 2. The van der Waals surface area contributed by atoms with Crippen LogP contribution in [0, 0.1) is 18.7 Å². The van der Waals surface area contributed by atoms with Gasteiger partial charge in [0.05, 0.1) is 0 Å². The summed E-state index contributed by atoms with van der Waals surface area (Å²) in [5.74, 6) is 1.17. The number of carbonyl (C=O) groups excluding carboxylic acids is 1. The molecule has 0 radical (unpaired) electrons. The van der Waals surface area contributed by atoms with Crippen LogP contribution in [-0.4, -0.2) is 29.0 Å². The van der Waals surface area contributed by atoms with Gasteiger partial charge in [0.15, 0.2) is 5.82 Å². The maximum Gasteiger partial charge on any atom is 0.261 e. The number of benzene rings is 3. The summed E-state index contributed by atoms with van der Waals surface area (Å²) in [4.78, 5) is 24.9. The highest BCUT2D eigenvalue weighted by molar-refractivity contribution is 6.07. The fourth-order valence-corrected chi connectivity index (χ4v) is 4.73. The molecule has 1 fully saturated rings. The van der Waals surface area contributed by atoms with Gasteiger partial charge < -0.3 is 10.2 Å². The Hall–Kier alpha value is -4.06. The van der Waals surface area contributed by atoms with Gasteiger partial charge in [-0.25, -0.2) is 14.4 Å². The van der Waals surface area contributed by atoms with Crippen molar-refractivity contribution < 1.29 is 9.18 Å². The first kappa shape index (κ1) is 23.7. The number of nitrogens with one attached hydrogen (secondary N) is 1. The zero-order valence-electron chi connectivity index (χ0n) is 20.3. The molecule has 2 heterocycles. The average Bonchev–Trinajstić information content (AvgIpc) is 2.91. The van der Waals surface area contributed by atoms with Crippen molar-refractivity contribution in [3.8, 4) is 11.4 Å². The molecule has 6 heteroatoms. The van der Waals surface area contributed by atoms with E-state index in [0.29, 0.717) is 28.8 Å². The Bertz CT molecular complexity index is 1330. The molecule has 3 aromatic carbocycles. The predicted octanol–water partition coefficient (Wildman–Crippen LogP) is 6.30. The summed E-state index contributed by atoms with van der Waals surface area (Å²) in [6.45, 7) is 3.67. The summed E-state index contributed by atoms with van der Waals surface area (Å²) in [5.41, 5.74) is 4.34. The van der Waals surface area contributed by atoms with E-state index in [2.05, 4.69) is 39.5 Å². The van der Waals surface area contributed by atoms with Crippen LogP contribution in [0.25, 0.3) is 11.4 Å². The number of anilines is 2. The molecule has 0 bridgehead atoms. The van der Waals surface area contributed by atoms with Crippen LogP contribution < -0.4 is 10.2 Å². The molecular weight excluding hydrogens is 451 g/mol. The number of amides is 1. The standard InChI is InChI=1S/C30H29FN4O/c1-21-6-5-9-24(18-21)28-32-20-27(30(36)33-26-12-10-25(31)11-13-26)29(34-28)35-16-14-23(15-17-35)19-22-7-3-2-4-8-22/h2-13,18,20,23H,14-17,19H2,1H3,(H,33,36). The molecule has 36 heavy (non-hydrogen) atoms. The van der Waals surface area contributed by atoms with Crippen molar-refractivity contribution >= 4 is 17.4 Å². The van der Waals surface area contributed by atoms with E-state index in [1.54, 1.807) is 18.3 Å². The Labute approximate surface area is 211 Å². The molecule has 0 saturated carbocycles. The summed E-state index contributed by atoms with van der Waals surface area (Å²) in [5, 5.41) is 2.86. The molecule has 5 rings (SSSR count). The summed E-state index contributed by atoms with van der Waals surface area (Å²) in [6, 6.07) is 24.4. The number of hydrogen-bond acceptors (Lipinski definition) is 4. The van der Waals surface area contributed by atoms with Crippen LogP contribution in [0.15, 0.2) is 85.1 Å². The molecule has 1 saturated heterocycles. The maximum atomic E-state index is 13.3. The zero-order chi connectivity index (χ0) is 24.9. The predicted molar refractivity (Wildman–Crippen MR) is 142 cm³/mol. The van der Waals surface area contributed by atoms with Crippen molar-refractivity contribution in [2.75, 3.05) is 23.3 Å². The van der Waals surface area contributed by atoms with Crippen LogP contribution in [0.5, 0.6) is 0 Å². The fraction of sp³-hybridized carbons (Fsp3) is 0.233. The van der Waals surface area contributed by atoms with E-state index >= 15 is 0 Å². The summed E-state index contributed by atoms with van der Waals surface area (Å²) in [6.07, 6.45) is 4.72. The summed E-state index contributed by atoms with van der Waals surface area (Å²) in [7, 11) is 0. The van der Waals surface area contributed by atoms with Gasteiger partial charge in [0.25, 0.3) is 5.91 Å². The molecule has 0 spiro atoms. The highest BCUT2D eigenvalue weighted by Gasteiger charge is 2.25. The van der Waals surface area contributed by atoms with Crippen LogP contribution >= 0.6 is 0 Å². The van der Waals surface area contributed by atoms with Crippen molar-refractivity contribution in [2.45, 2.75) is 26.2 Å². The molecule has 1 aliphatic rings. The van der Waals surface area contributed by atoms with Crippen molar-refractivity contribution in [1.29, 1.82) is 0 Å². The highest BCUT2D eigenvalue weighted by Crippen LogP contribution is 2.29. The minimum atomic E-state index is -0.349. The van der Waals surface area contributed by atoms with Crippen molar-refractivity contribution in [2.24, 2.45) is 5.92 Å². The van der Waals surface area contributed by atoms with Gasteiger partial charge in [-0.1, -0.05) is 54.1 Å². The molecular formula is C30H29FN4O. The van der Waals surface area contributed by atoms with Crippen LogP contribution in [0.1, 0.15) is 34.3 Å². The molecule has 1 amide bonds. The molecule has 5 nitrogen and oxygen atoms in total. The zero-order valence-corrected chi connectivity index (χ0v) is 20.3. The monoisotopic (exact) mass is 480 g/mol. The summed E-state index contributed by atoms with van der Waals surface area (Å²) >= 11 is 0. The number of rotatable bonds is 6. The quantitative estimate of drug-likeness (QED) is 0.352. The van der Waals surface area contributed by atoms with Crippen LogP contribution in [0.3, 0.4) is 0 Å². The number of nitrogens with zero attached hydrogens (tertiary/aromatic N) is 3. The van der Waals surface area contributed by atoms with E-state index in [-0.39, 0.29) is 11.7 Å². The lowest BCUT2D eigenvalue weighted by Gasteiger charge is -2.34. The SMILES string of the molecule is Cc1cccc(-c2ncc(C(=O)Nc3ccc(F)cc3)c(N3CCC(Cc4ccccc4)CC3)n2)c1. The average molecular weight is 481 g/mol. The second-order valence-corrected chi connectivity index (χ2v) is 9.38. The van der Waals surface area contributed by atoms with Gasteiger partial charge in [0.2, 0.25) is 0 Å². The van der Waals surface area contributed by atoms with Crippen molar-refractivity contribution in [1.82, 2.24) is 9.97 Å². The molecule has 1 aromatic heterocycles. The molecule has 1 N–H and O–H groups in total. The van der Waals surface area contributed by atoms with Crippen LogP contribution in [0.4, 0.5) is 15.9 Å². The first-order valence-corrected chi connectivity index (χ1v) is 12.3. The van der Waals surface area contributed by atoms with Gasteiger partial charge in [-0.15, -0.1) is 0 Å². The highest BCUT2D eigenvalue weighted by atomic mass is 19.1. The summed E-state index contributed by atoms with van der Waals surface area (Å²) < 4.78 is 13.3. The van der Waals surface area contributed by atoms with Gasteiger partial charge in [0.1, 0.15) is 17.2 Å². The molecule has 0 aliphatic carbocycles. The fourth-order valence-electron chi connectivity index (χ4n) is 4.73. The lowest BCUT2D eigenvalue weighted by atomic mass is 9.90. The topological polar surface area (TPSA) is 58.1 Å². The first-order valence-electron chi connectivity index (χ1n) is 12.3. The van der Waals surface area contributed by atoms with E-state index in [4.69, 9.17) is 4.98 Å². The number of halogens is 1. The van der Waals surface area contributed by atoms with Gasteiger partial charge in [-0.05, 0) is 68.0 Å². The Morgan fingerprint density at radius 2 is 1.75 bits per heavy atom. The lowest BCUT2D eigenvalue weighted by molar-refractivity contribution is 0.102. The van der Waals surface area contributed by atoms with Gasteiger partial charge >= 0.3 is 0 Å². The van der Waals surface area contributed by atoms with E-state index in [1.807, 2.05) is 37.3 Å². The molecule has 1 aliphatic heterocycles. The smallest absolute Gasteiger partial charge is 0.261 e. The Kier molecular flexibility index (Phi) is 7.03. The normalized spacial score (nSPS) is 14.0. The number of carbonyl (C=O) groups is 1. The van der Waals surface area contributed by atoms with E-state index < -0.39 is 0 Å². The number of hydrogen-bond donors (Lipinski definition) is 1. The third-order valence-corrected chi connectivity index (χ3v) is 6.67.